The maximum absolute atomic E-state index is 5.44. The summed E-state index contributed by atoms with van der Waals surface area (Å²) in [5, 5.41) is 12.6. The lowest BCUT2D eigenvalue weighted by Gasteiger charge is -2.11. The van der Waals surface area contributed by atoms with E-state index in [4.69, 9.17) is 4.52 Å². The Bertz CT molecular complexity index is 986. The highest BCUT2D eigenvalue weighted by atomic mass is 16.5. The fourth-order valence-electron chi connectivity index (χ4n) is 2.73. The molecular weight excluding hydrogens is 326 g/mol. The minimum absolute atomic E-state index is 0.489. The molecule has 0 atom stereocenters. The van der Waals surface area contributed by atoms with E-state index in [1.165, 1.54) is 0 Å². The third kappa shape index (κ3) is 3.35. The highest BCUT2D eigenvalue weighted by molar-refractivity contribution is 5.62. The van der Waals surface area contributed by atoms with Crippen LogP contribution in [0, 0.1) is 0 Å². The molecule has 0 saturated carbocycles. The van der Waals surface area contributed by atoms with Crippen molar-refractivity contribution in [3.63, 3.8) is 0 Å². The molecule has 130 valence electrons. The van der Waals surface area contributed by atoms with Crippen LogP contribution in [-0.4, -0.2) is 34.2 Å². The summed E-state index contributed by atoms with van der Waals surface area (Å²) in [6, 6.07) is 20.1. The van der Waals surface area contributed by atoms with E-state index in [-0.39, 0.29) is 0 Å². The predicted octanol–water partition coefficient (Wildman–Crippen LogP) is 3.71. The fraction of sp³-hybridized carbons (Fsp3) is 0.150. The number of benzene rings is 2. The van der Waals surface area contributed by atoms with Gasteiger partial charge in [0, 0.05) is 37.0 Å². The van der Waals surface area contributed by atoms with E-state index in [0.29, 0.717) is 6.54 Å². The number of rotatable bonds is 5. The predicted molar refractivity (Wildman–Crippen MR) is 101 cm³/mol. The molecule has 6 heteroatoms. The summed E-state index contributed by atoms with van der Waals surface area (Å²) in [6.45, 7) is 0.489. The van der Waals surface area contributed by atoms with Crippen LogP contribution in [0.25, 0.3) is 22.5 Å². The van der Waals surface area contributed by atoms with Gasteiger partial charge in [0.15, 0.2) is 5.76 Å². The number of hydrogen-bond acceptors (Lipinski definition) is 5. The molecule has 4 rings (SSSR count). The topological polar surface area (TPSA) is 60.0 Å². The van der Waals surface area contributed by atoms with Crippen LogP contribution in [0.1, 0.15) is 5.76 Å². The Morgan fingerprint density at radius 1 is 0.923 bits per heavy atom. The first-order chi connectivity index (χ1) is 12.7. The maximum Gasteiger partial charge on any atom is 0.158 e. The van der Waals surface area contributed by atoms with Crippen molar-refractivity contribution in [2.75, 3.05) is 19.0 Å². The van der Waals surface area contributed by atoms with Crippen LogP contribution in [0.15, 0.2) is 71.4 Å². The van der Waals surface area contributed by atoms with E-state index < -0.39 is 0 Å². The van der Waals surface area contributed by atoms with Gasteiger partial charge >= 0.3 is 0 Å². The quantitative estimate of drug-likeness (QED) is 0.552. The average molecular weight is 345 g/mol. The van der Waals surface area contributed by atoms with Crippen LogP contribution in [0.2, 0.25) is 0 Å². The Kier molecular flexibility index (Phi) is 4.23. The molecule has 0 unspecified atom stereocenters. The van der Waals surface area contributed by atoms with Gasteiger partial charge in [-0.1, -0.05) is 52.8 Å². The van der Waals surface area contributed by atoms with E-state index in [1.54, 1.807) is 4.68 Å². The lowest BCUT2D eigenvalue weighted by atomic mass is 10.1. The number of aromatic nitrogens is 4. The molecule has 0 aliphatic carbocycles. The van der Waals surface area contributed by atoms with Gasteiger partial charge in [-0.3, -0.25) is 0 Å². The van der Waals surface area contributed by atoms with Crippen LogP contribution in [0.4, 0.5) is 5.69 Å². The summed E-state index contributed by atoms with van der Waals surface area (Å²) >= 11 is 0. The van der Waals surface area contributed by atoms with Gasteiger partial charge in [0.25, 0.3) is 0 Å². The molecule has 6 nitrogen and oxygen atoms in total. The van der Waals surface area contributed by atoms with Crippen molar-refractivity contribution in [2.24, 2.45) is 0 Å². The average Bonchev–Trinajstić information content (AvgIpc) is 3.33. The molecule has 2 aromatic heterocycles. The van der Waals surface area contributed by atoms with E-state index in [1.807, 2.05) is 68.8 Å². The molecule has 0 saturated heterocycles. The summed E-state index contributed by atoms with van der Waals surface area (Å²) < 4.78 is 7.19. The maximum atomic E-state index is 5.44. The molecule has 0 fully saturated rings. The third-order valence-corrected chi connectivity index (χ3v) is 4.16. The minimum atomic E-state index is 0.489. The standard InChI is InChI=1S/C20H19N5O/c1-24(2)17-10-8-16(9-11-17)20-14-25(23-21-20)13-18-12-19(22-26-18)15-6-4-3-5-7-15/h3-12,14H,13H2,1-2H3. The van der Waals surface area contributed by atoms with Crippen LogP contribution < -0.4 is 4.90 Å². The molecule has 2 aromatic carbocycles. The molecule has 0 bridgehead atoms. The van der Waals surface area contributed by atoms with Gasteiger partial charge in [0.1, 0.15) is 17.9 Å². The molecule has 0 aliphatic heterocycles. The SMILES string of the molecule is CN(C)c1ccc(-c2cn(Cc3cc(-c4ccccc4)no3)nn2)cc1. The van der Waals surface area contributed by atoms with Crippen LogP contribution in [0.5, 0.6) is 0 Å². The molecule has 0 aliphatic rings. The summed E-state index contributed by atoms with van der Waals surface area (Å²) in [5.74, 6) is 0.739. The molecule has 0 radical (unpaired) electrons. The third-order valence-electron chi connectivity index (χ3n) is 4.16. The fourth-order valence-corrected chi connectivity index (χ4v) is 2.73. The van der Waals surface area contributed by atoms with Crippen LogP contribution >= 0.6 is 0 Å². The Balaban J connectivity index is 1.49. The second-order valence-corrected chi connectivity index (χ2v) is 6.29. The molecule has 0 spiro atoms. The largest absolute Gasteiger partial charge is 0.378 e. The van der Waals surface area contributed by atoms with Crippen LogP contribution in [-0.2, 0) is 6.54 Å². The summed E-state index contributed by atoms with van der Waals surface area (Å²) in [4.78, 5) is 2.06. The normalized spacial score (nSPS) is 10.8. The number of hydrogen-bond donors (Lipinski definition) is 0. The monoisotopic (exact) mass is 345 g/mol. The van der Waals surface area contributed by atoms with Crippen molar-refractivity contribution in [1.82, 2.24) is 20.2 Å². The van der Waals surface area contributed by atoms with Crippen LogP contribution in [0.3, 0.4) is 0 Å². The zero-order chi connectivity index (χ0) is 17.9. The first-order valence-corrected chi connectivity index (χ1v) is 8.38. The second kappa shape index (κ2) is 6.84. The van der Waals surface area contributed by atoms with E-state index in [0.717, 1.165) is 34.0 Å². The molecule has 0 N–H and O–H groups in total. The first kappa shape index (κ1) is 16.1. The first-order valence-electron chi connectivity index (χ1n) is 8.38. The van der Waals surface area contributed by atoms with Crippen molar-refractivity contribution < 1.29 is 4.52 Å². The van der Waals surface area contributed by atoms with Crippen molar-refractivity contribution in [3.8, 4) is 22.5 Å². The Morgan fingerprint density at radius 2 is 1.65 bits per heavy atom. The Morgan fingerprint density at radius 3 is 2.38 bits per heavy atom. The highest BCUT2D eigenvalue weighted by Crippen LogP contribution is 2.22. The van der Waals surface area contributed by atoms with Crippen molar-refractivity contribution in [3.05, 3.63) is 72.6 Å². The Hall–Kier alpha value is -3.41. The molecule has 2 heterocycles. The van der Waals surface area contributed by atoms with E-state index in [2.05, 4.69) is 32.5 Å². The van der Waals surface area contributed by atoms with Gasteiger partial charge in [0.05, 0.1) is 6.20 Å². The summed E-state index contributed by atoms with van der Waals surface area (Å²) in [7, 11) is 4.04. The van der Waals surface area contributed by atoms with E-state index >= 15 is 0 Å². The Labute approximate surface area is 151 Å². The van der Waals surface area contributed by atoms with Gasteiger partial charge < -0.3 is 9.42 Å². The molecule has 26 heavy (non-hydrogen) atoms. The molecule has 0 amide bonds. The van der Waals surface area contributed by atoms with Crippen molar-refractivity contribution >= 4 is 5.69 Å². The number of anilines is 1. The minimum Gasteiger partial charge on any atom is -0.378 e. The van der Waals surface area contributed by atoms with Gasteiger partial charge in [-0.2, -0.15) is 0 Å². The highest BCUT2D eigenvalue weighted by Gasteiger charge is 2.09. The summed E-state index contributed by atoms with van der Waals surface area (Å²) in [6.07, 6.45) is 1.91. The van der Waals surface area contributed by atoms with Gasteiger partial charge in [0.2, 0.25) is 0 Å². The molecular formula is C20H19N5O. The zero-order valence-electron chi connectivity index (χ0n) is 14.7. The van der Waals surface area contributed by atoms with E-state index in [9.17, 15) is 0 Å². The van der Waals surface area contributed by atoms with Gasteiger partial charge in [-0.15, -0.1) is 5.10 Å². The second-order valence-electron chi connectivity index (χ2n) is 6.29. The number of nitrogens with zero attached hydrogens (tertiary/aromatic N) is 5. The molecule has 4 aromatic rings. The lowest BCUT2D eigenvalue weighted by molar-refractivity contribution is 0.372. The van der Waals surface area contributed by atoms with Crippen molar-refractivity contribution in [1.29, 1.82) is 0 Å². The zero-order valence-corrected chi connectivity index (χ0v) is 14.7. The summed E-state index contributed by atoms with van der Waals surface area (Å²) in [5.41, 5.74) is 4.86. The smallest absolute Gasteiger partial charge is 0.158 e. The lowest BCUT2D eigenvalue weighted by Crippen LogP contribution is -2.07. The van der Waals surface area contributed by atoms with Gasteiger partial charge in [-0.25, -0.2) is 4.68 Å². The van der Waals surface area contributed by atoms with Crippen molar-refractivity contribution in [2.45, 2.75) is 6.54 Å². The van der Waals surface area contributed by atoms with Gasteiger partial charge in [-0.05, 0) is 12.1 Å².